The van der Waals surface area contributed by atoms with Crippen LogP contribution in [0.15, 0.2) is 24.3 Å². The highest BCUT2D eigenvalue weighted by Gasteiger charge is 2.48. The monoisotopic (exact) mass is 196 g/mol. The highest BCUT2D eigenvalue weighted by Crippen LogP contribution is 2.43. The molecule has 0 spiro atoms. The van der Waals surface area contributed by atoms with Crippen molar-refractivity contribution in [2.24, 2.45) is 0 Å². The van der Waals surface area contributed by atoms with Gasteiger partial charge in [-0.3, -0.25) is 4.79 Å². The van der Waals surface area contributed by atoms with Gasteiger partial charge in [-0.05, 0) is 22.7 Å². The first-order valence-corrected chi connectivity index (χ1v) is 4.42. The van der Waals surface area contributed by atoms with Crippen LogP contribution in [-0.4, -0.2) is 12.4 Å². The number of rotatable bonds is 2. The molecule has 1 aliphatic carbocycles. The second kappa shape index (κ2) is 2.82. The van der Waals surface area contributed by atoms with E-state index in [4.69, 9.17) is 16.3 Å². The van der Waals surface area contributed by atoms with Crippen LogP contribution >= 0.6 is 11.6 Å². The minimum atomic E-state index is -0.877. The molecule has 0 saturated heterocycles. The number of benzene rings is 1. The van der Waals surface area contributed by atoms with E-state index in [0.717, 1.165) is 11.1 Å². The van der Waals surface area contributed by atoms with Crippen LogP contribution in [0.2, 0.25) is 0 Å². The predicted octanol–water partition coefficient (Wildman–Crippen LogP) is 1.85. The summed E-state index contributed by atoms with van der Waals surface area (Å²) in [5, 5.41) is -0.436. The maximum atomic E-state index is 11.2. The van der Waals surface area contributed by atoms with Gasteiger partial charge in [0, 0.05) is 13.5 Å². The smallest absolute Gasteiger partial charge is 0.258 e. The molecule has 2 rings (SSSR count). The summed E-state index contributed by atoms with van der Waals surface area (Å²) in [5.41, 5.74) is 1.16. The number of ether oxygens (including phenoxy) is 1. The zero-order chi connectivity index (χ0) is 9.47. The lowest BCUT2D eigenvalue weighted by atomic mass is 9.74. The number of carbonyl (C=O) groups is 1. The molecule has 13 heavy (non-hydrogen) atoms. The Hall–Kier alpha value is -0.860. The molecular formula is C10H9ClO2. The first kappa shape index (κ1) is 8.73. The Labute approximate surface area is 81.5 Å². The molecule has 2 nitrogen and oxygen atoms in total. The van der Waals surface area contributed by atoms with Gasteiger partial charge >= 0.3 is 0 Å². The van der Waals surface area contributed by atoms with Crippen LogP contribution in [0.1, 0.15) is 11.1 Å². The van der Waals surface area contributed by atoms with E-state index < -0.39 is 10.8 Å². The summed E-state index contributed by atoms with van der Waals surface area (Å²) >= 11 is 5.50. The first-order valence-electron chi connectivity index (χ1n) is 4.04. The van der Waals surface area contributed by atoms with Crippen molar-refractivity contribution in [1.29, 1.82) is 0 Å². The summed E-state index contributed by atoms with van der Waals surface area (Å²) in [6.07, 6.45) is 0.585. The van der Waals surface area contributed by atoms with Crippen molar-refractivity contribution in [2.45, 2.75) is 12.0 Å². The van der Waals surface area contributed by atoms with Crippen LogP contribution in [0.3, 0.4) is 0 Å². The molecule has 3 heteroatoms. The van der Waals surface area contributed by atoms with Crippen LogP contribution in [0.25, 0.3) is 0 Å². The standard InChI is InChI=1S/C10H9ClO2/c1-13-10(9(11)12)6-7-4-2-3-5-8(7)10/h2-5H,6H2,1H3. The maximum Gasteiger partial charge on any atom is 0.258 e. The van der Waals surface area contributed by atoms with E-state index in [9.17, 15) is 4.79 Å². The number of hydrogen-bond donors (Lipinski definition) is 0. The van der Waals surface area contributed by atoms with E-state index in [0.29, 0.717) is 6.42 Å². The summed E-state index contributed by atoms with van der Waals surface area (Å²) in [6.45, 7) is 0. The second-order valence-corrected chi connectivity index (χ2v) is 3.48. The third kappa shape index (κ3) is 1.02. The molecule has 1 atom stereocenters. The van der Waals surface area contributed by atoms with Gasteiger partial charge in [0.1, 0.15) is 0 Å². The van der Waals surface area contributed by atoms with Crippen molar-refractivity contribution in [1.82, 2.24) is 0 Å². The molecule has 1 aliphatic rings. The molecule has 68 valence electrons. The van der Waals surface area contributed by atoms with E-state index in [2.05, 4.69) is 0 Å². The van der Waals surface area contributed by atoms with Gasteiger partial charge in [-0.2, -0.15) is 0 Å². The SMILES string of the molecule is COC1(C(=O)Cl)Cc2ccccc21. The minimum absolute atomic E-state index is 0.436. The first-order chi connectivity index (χ1) is 6.20. The van der Waals surface area contributed by atoms with Crippen LogP contribution in [0.4, 0.5) is 0 Å². The largest absolute Gasteiger partial charge is 0.364 e. The molecule has 0 bridgehead atoms. The number of halogens is 1. The molecule has 1 aromatic rings. The Morgan fingerprint density at radius 2 is 2.23 bits per heavy atom. The van der Waals surface area contributed by atoms with E-state index in [1.54, 1.807) is 0 Å². The predicted molar refractivity (Wildman–Crippen MR) is 49.7 cm³/mol. The quantitative estimate of drug-likeness (QED) is 0.675. The van der Waals surface area contributed by atoms with Crippen molar-refractivity contribution < 1.29 is 9.53 Å². The fourth-order valence-electron chi connectivity index (χ4n) is 1.76. The lowest BCUT2D eigenvalue weighted by Gasteiger charge is -2.39. The molecule has 0 amide bonds. The molecular weight excluding hydrogens is 188 g/mol. The Bertz CT molecular complexity index is 362. The summed E-state index contributed by atoms with van der Waals surface area (Å²) in [7, 11) is 1.51. The van der Waals surface area contributed by atoms with Crippen LogP contribution < -0.4 is 0 Å². The van der Waals surface area contributed by atoms with E-state index in [1.807, 2.05) is 24.3 Å². The number of carbonyl (C=O) groups excluding carboxylic acids is 1. The van der Waals surface area contributed by atoms with Gasteiger partial charge in [0.15, 0.2) is 5.60 Å². The molecule has 0 aromatic heterocycles. The number of methoxy groups -OCH3 is 1. The third-order valence-electron chi connectivity index (χ3n) is 2.56. The Balaban J connectivity index is 2.47. The Morgan fingerprint density at radius 3 is 2.77 bits per heavy atom. The molecule has 0 heterocycles. The summed E-state index contributed by atoms with van der Waals surface area (Å²) in [5.74, 6) is 0. The normalized spacial score (nSPS) is 24.8. The lowest BCUT2D eigenvalue weighted by molar-refractivity contribution is -0.136. The van der Waals surface area contributed by atoms with Gasteiger partial charge < -0.3 is 4.74 Å². The zero-order valence-electron chi connectivity index (χ0n) is 7.21. The Morgan fingerprint density at radius 1 is 1.54 bits per heavy atom. The molecule has 0 N–H and O–H groups in total. The zero-order valence-corrected chi connectivity index (χ0v) is 7.97. The molecule has 1 aromatic carbocycles. The van der Waals surface area contributed by atoms with Gasteiger partial charge in [-0.15, -0.1) is 0 Å². The van der Waals surface area contributed by atoms with Gasteiger partial charge in [0.25, 0.3) is 5.24 Å². The van der Waals surface area contributed by atoms with Crippen LogP contribution in [0, 0.1) is 0 Å². The van der Waals surface area contributed by atoms with E-state index in [1.165, 1.54) is 7.11 Å². The molecule has 0 aliphatic heterocycles. The average Bonchev–Trinajstić information content (AvgIpc) is 2.07. The summed E-state index contributed by atoms with van der Waals surface area (Å²) in [4.78, 5) is 11.2. The topological polar surface area (TPSA) is 26.3 Å². The second-order valence-electron chi connectivity index (χ2n) is 3.14. The van der Waals surface area contributed by atoms with Gasteiger partial charge in [0.05, 0.1) is 0 Å². The maximum absolute atomic E-state index is 11.2. The number of fused-ring (bicyclic) bond motifs is 1. The van der Waals surface area contributed by atoms with Crippen molar-refractivity contribution in [2.75, 3.05) is 7.11 Å². The van der Waals surface area contributed by atoms with Crippen molar-refractivity contribution in [3.05, 3.63) is 35.4 Å². The van der Waals surface area contributed by atoms with E-state index >= 15 is 0 Å². The highest BCUT2D eigenvalue weighted by molar-refractivity contribution is 6.65. The summed E-state index contributed by atoms with van der Waals surface area (Å²) < 4.78 is 5.18. The molecule has 0 radical (unpaired) electrons. The Kier molecular flexibility index (Phi) is 1.90. The summed E-state index contributed by atoms with van der Waals surface area (Å²) in [6, 6.07) is 7.68. The van der Waals surface area contributed by atoms with Crippen molar-refractivity contribution in [3.8, 4) is 0 Å². The lowest BCUT2D eigenvalue weighted by Crippen LogP contribution is -2.45. The number of hydrogen-bond acceptors (Lipinski definition) is 2. The average molecular weight is 197 g/mol. The van der Waals surface area contributed by atoms with Crippen LogP contribution in [0.5, 0.6) is 0 Å². The van der Waals surface area contributed by atoms with Crippen molar-refractivity contribution >= 4 is 16.8 Å². The van der Waals surface area contributed by atoms with Gasteiger partial charge in [0.2, 0.25) is 0 Å². The molecule has 0 fully saturated rings. The molecule has 0 saturated carbocycles. The fraction of sp³-hybridized carbons (Fsp3) is 0.300. The van der Waals surface area contributed by atoms with Crippen molar-refractivity contribution in [3.63, 3.8) is 0 Å². The van der Waals surface area contributed by atoms with Gasteiger partial charge in [-0.1, -0.05) is 24.3 Å². The third-order valence-corrected chi connectivity index (χ3v) is 2.86. The highest BCUT2D eigenvalue weighted by atomic mass is 35.5. The minimum Gasteiger partial charge on any atom is -0.364 e. The van der Waals surface area contributed by atoms with Crippen LogP contribution in [-0.2, 0) is 21.6 Å². The molecule has 1 unspecified atom stereocenters. The van der Waals surface area contributed by atoms with Gasteiger partial charge in [-0.25, -0.2) is 0 Å². The van der Waals surface area contributed by atoms with E-state index in [-0.39, 0.29) is 0 Å². The fourth-order valence-corrected chi connectivity index (χ4v) is 2.01.